The van der Waals surface area contributed by atoms with Crippen molar-refractivity contribution in [3.8, 4) is 0 Å². The summed E-state index contributed by atoms with van der Waals surface area (Å²) in [5.41, 5.74) is 0.925. The van der Waals surface area contributed by atoms with E-state index in [1.54, 1.807) is 24.4 Å². The van der Waals surface area contributed by atoms with E-state index in [0.29, 0.717) is 61.9 Å². The SMILES string of the molecule is O=C(NC[C@H]1CCC[C@@H]2CN(C(=O)CCNC(=O)c3ccc[nH]3)C[C@H]12)c1cccc(N2CCOCC2)n1. The zero-order valence-corrected chi connectivity index (χ0v) is 21.2. The van der Waals surface area contributed by atoms with Crippen LogP contribution in [0.2, 0.25) is 0 Å². The van der Waals surface area contributed by atoms with Gasteiger partial charge in [-0.15, -0.1) is 0 Å². The molecule has 0 spiro atoms. The third kappa shape index (κ3) is 6.12. The minimum atomic E-state index is -0.200. The molecule has 2 aromatic rings. The molecule has 5 rings (SSSR count). The average Bonchev–Trinajstić information content (AvgIpc) is 3.63. The van der Waals surface area contributed by atoms with Gasteiger partial charge in [-0.3, -0.25) is 14.4 Å². The predicted octanol–water partition coefficient (Wildman–Crippen LogP) is 1.67. The van der Waals surface area contributed by atoms with Crippen molar-refractivity contribution in [2.75, 3.05) is 57.4 Å². The van der Waals surface area contributed by atoms with E-state index in [1.807, 2.05) is 17.0 Å². The summed E-state index contributed by atoms with van der Waals surface area (Å²) >= 11 is 0. The fourth-order valence-electron chi connectivity index (χ4n) is 5.89. The molecule has 37 heavy (non-hydrogen) atoms. The molecule has 3 amide bonds. The number of anilines is 1. The smallest absolute Gasteiger partial charge is 0.269 e. The number of carbonyl (C=O) groups excluding carboxylic acids is 3. The van der Waals surface area contributed by atoms with Gasteiger partial charge in [-0.2, -0.15) is 0 Å². The van der Waals surface area contributed by atoms with Crippen LogP contribution in [0.3, 0.4) is 0 Å². The van der Waals surface area contributed by atoms with E-state index in [-0.39, 0.29) is 17.7 Å². The van der Waals surface area contributed by atoms with Gasteiger partial charge in [0.15, 0.2) is 0 Å². The van der Waals surface area contributed by atoms with E-state index in [1.165, 1.54) is 0 Å². The minimum absolute atomic E-state index is 0.0769. The number of carbonyl (C=O) groups is 3. The summed E-state index contributed by atoms with van der Waals surface area (Å²) in [5.74, 6) is 1.73. The summed E-state index contributed by atoms with van der Waals surface area (Å²) in [5, 5.41) is 5.92. The van der Waals surface area contributed by atoms with Gasteiger partial charge in [-0.25, -0.2) is 4.98 Å². The minimum Gasteiger partial charge on any atom is -0.378 e. The second-order valence-electron chi connectivity index (χ2n) is 10.2. The Morgan fingerprint density at radius 3 is 2.70 bits per heavy atom. The highest BCUT2D eigenvalue weighted by Gasteiger charge is 2.41. The summed E-state index contributed by atoms with van der Waals surface area (Å²) < 4.78 is 5.41. The Hall–Kier alpha value is -3.40. The van der Waals surface area contributed by atoms with E-state index in [2.05, 4.69) is 25.5 Å². The zero-order valence-electron chi connectivity index (χ0n) is 21.2. The number of pyridine rings is 1. The number of likely N-dealkylation sites (tertiary alicyclic amines) is 1. The first-order chi connectivity index (χ1) is 18.1. The van der Waals surface area contributed by atoms with Crippen LogP contribution in [0.4, 0.5) is 5.82 Å². The number of morpholine rings is 1. The molecule has 10 heteroatoms. The van der Waals surface area contributed by atoms with Gasteiger partial charge in [0.2, 0.25) is 5.91 Å². The van der Waals surface area contributed by atoms with Crippen molar-refractivity contribution >= 4 is 23.5 Å². The van der Waals surface area contributed by atoms with Crippen molar-refractivity contribution in [2.45, 2.75) is 25.7 Å². The fourth-order valence-corrected chi connectivity index (χ4v) is 5.89. The van der Waals surface area contributed by atoms with Gasteiger partial charge in [-0.1, -0.05) is 12.5 Å². The highest BCUT2D eigenvalue weighted by molar-refractivity contribution is 5.93. The maximum absolute atomic E-state index is 12.9. The molecular formula is C27H36N6O4. The Labute approximate surface area is 217 Å². The second kappa shape index (κ2) is 11.8. The first-order valence-corrected chi connectivity index (χ1v) is 13.4. The van der Waals surface area contributed by atoms with E-state index >= 15 is 0 Å². The van der Waals surface area contributed by atoms with Gasteiger partial charge in [0, 0.05) is 51.9 Å². The molecule has 2 aromatic heterocycles. The van der Waals surface area contributed by atoms with Crippen LogP contribution in [-0.4, -0.2) is 85.1 Å². The summed E-state index contributed by atoms with van der Waals surface area (Å²) in [6, 6.07) is 9.05. The topological polar surface area (TPSA) is 120 Å². The maximum atomic E-state index is 12.9. The number of H-pyrrole nitrogens is 1. The van der Waals surface area contributed by atoms with Gasteiger partial charge in [0.25, 0.3) is 11.8 Å². The van der Waals surface area contributed by atoms with Crippen molar-refractivity contribution in [2.24, 2.45) is 17.8 Å². The molecule has 0 bridgehead atoms. The van der Waals surface area contributed by atoms with Crippen LogP contribution in [-0.2, 0) is 9.53 Å². The average molecular weight is 509 g/mol. The fraction of sp³-hybridized carbons (Fsp3) is 0.556. The third-order valence-electron chi connectivity index (χ3n) is 7.89. The van der Waals surface area contributed by atoms with Crippen molar-refractivity contribution in [1.29, 1.82) is 0 Å². The lowest BCUT2D eigenvalue weighted by atomic mass is 9.74. The molecule has 10 nitrogen and oxygen atoms in total. The van der Waals surface area contributed by atoms with Crippen molar-refractivity contribution in [1.82, 2.24) is 25.5 Å². The second-order valence-corrected chi connectivity index (χ2v) is 10.2. The molecule has 3 atom stereocenters. The Morgan fingerprint density at radius 2 is 1.89 bits per heavy atom. The standard InChI is InChI=1S/C27H36N6O4/c34-25(9-11-29-26(35)22-7-3-10-28-22)33-17-20-5-1-4-19(21(20)18-33)16-30-27(36)23-6-2-8-24(31-23)32-12-14-37-15-13-32/h2-3,6-8,10,19-21,28H,1,4-5,9,11-18H2,(H,29,35)(H,30,36)/t19-,20-,21-/m1/s1. The zero-order chi connectivity index (χ0) is 25.6. The molecule has 1 aliphatic carbocycles. The number of nitrogens with zero attached hydrogens (tertiary/aromatic N) is 3. The number of ether oxygens (including phenoxy) is 1. The molecule has 198 valence electrons. The Kier molecular flexibility index (Phi) is 8.03. The number of amides is 3. The maximum Gasteiger partial charge on any atom is 0.269 e. The molecule has 0 unspecified atom stereocenters. The van der Waals surface area contributed by atoms with Gasteiger partial charge >= 0.3 is 0 Å². The molecule has 3 aliphatic rings. The highest BCUT2D eigenvalue weighted by atomic mass is 16.5. The van der Waals surface area contributed by atoms with Crippen LogP contribution in [0.15, 0.2) is 36.5 Å². The number of aromatic nitrogens is 2. The van der Waals surface area contributed by atoms with E-state index in [9.17, 15) is 14.4 Å². The van der Waals surface area contributed by atoms with E-state index < -0.39 is 0 Å². The molecule has 3 fully saturated rings. The number of hydrogen-bond donors (Lipinski definition) is 3. The number of hydrogen-bond acceptors (Lipinski definition) is 6. The van der Waals surface area contributed by atoms with Crippen molar-refractivity contribution in [3.05, 3.63) is 47.9 Å². The largest absolute Gasteiger partial charge is 0.378 e. The first kappa shape index (κ1) is 25.3. The molecule has 2 aliphatic heterocycles. The highest BCUT2D eigenvalue weighted by Crippen LogP contribution is 2.40. The van der Waals surface area contributed by atoms with Crippen LogP contribution in [0.5, 0.6) is 0 Å². The van der Waals surface area contributed by atoms with Crippen LogP contribution < -0.4 is 15.5 Å². The van der Waals surface area contributed by atoms with Gasteiger partial charge in [0.1, 0.15) is 17.2 Å². The molecule has 0 aromatic carbocycles. The normalized spacial score (nSPS) is 23.4. The third-order valence-corrected chi connectivity index (χ3v) is 7.89. The molecule has 0 radical (unpaired) electrons. The van der Waals surface area contributed by atoms with Gasteiger partial charge in [-0.05, 0) is 54.9 Å². The van der Waals surface area contributed by atoms with E-state index in [4.69, 9.17) is 4.74 Å². The number of rotatable bonds is 8. The summed E-state index contributed by atoms with van der Waals surface area (Å²) in [6.07, 6.45) is 5.27. The van der Waals surface area contributed by atoms with E-state index in [0.717, 1.165) is 51.3 Å². The lowest BCUT2D eigenvalue weighted by Gasteiger charge is -2.32. The number of aromatic amines is 1. The quantitative estimate of drug-likeness (QED) is 0.499. The Balaban J connectivity index is 1.10. The lowest BCUT2D eigenvalue weighted by Crippen LogP contribution is -2.39. The van der Waals surface area contributed by atoms with Crippen LogP contribution in [0.25, 0.3) is 0 Å². The number of fused-ring (bicyclic) bond motifs is 1. The van der Waals surface area contributed by atoms with Crippen LogP contribution in [0, 0.1) is 17.8 Å². The Morgan fingerprint density at radius 1 is 1.03 bits per heavy atom. The monoisotopic (exact) mass is 508 g/mol. The summed E-state index contributed by atoms with van der Waals surface area (Å²) in [6.45, 7) is 5.29. The van der Waals surface area contributed by atoms with Crippen LogP contribution in [0.1, 0.15) is 46.7 Å². The van der Waals surface area contributed by atoms with Gasteiger partial charge in [0.05, 0.1) is 13.2 Å². The summed E-state index contributed by atoms with van der Waals surface area (Å²) in [7, 11) is 0. The molecule has 4 heterocycles. The van der Waals surface area contributed by atoms with Gasteiger partial charge < -0.3 is 30.2 Å². The lowest BCUT2D eigenvalue weighted by molar-refractivity contribution is -0.130. The van der Waals surface area contributed by atoms with Crippen LogP contribution >= 0.6 is 0 Å². The molecular weight excluding hydrogens is 472 g/mol. The Bertz CT molecular complexity index is 1080. The molecule has 3 N–H and O–H groups in total. The van der Waals surface area contributed by atoms with Crippen molar-refractivity contribution in [3.63, 3.8) is 0 Å². The molecule has 2 saturated heterocycles. The number of nitrogens with one attached hydrogen (secondary N) is 3. The first-order valence-electron chi connectivity index (χ1n) is 13.4. The predicted molar refractivity (Wildman–Crippen MR) is 138 cm³/mol. The summed E-state index contributed by atoms with van der Waals surface area (Å²) in [4.78, 5) is 49.4. The van der Waals surface area contributed by atoms with Crippen molar-refractivity contribution < 1.29 is 19.1 Å². The molecule has 1 saturated carbocycles.